The minimum Gasteiger partial charge on any atom is -0.358 e. The van der Waals surface area contributed by atoms with Crippen LogP contribution in [-0.2, 0) is 11.3 Å². The molecule has 1 aromatic rings. The Kier molecular flexibility index (Phi) is 6.74. The lowest BCUT2D eigenvalue weighted by Crippen LogP contribution is -2.41. The highest BCUT2D eigenvalue weighted by Crippen LogP contribution is 2.25. The Balaban J connectivity index is 1.58. The van der Waals surface area contributed by atoms with E-state index >= 15 is 0 Å². The highest BCUT2D eigenvalue weighted by Gasteiger charge is 2.36. The van der Waals surface area contributed by atoms with Crippen LogP contribution in [0.2, 0.25) is 5.02 Å². The number of hydrogen-bond donors (Lipinski definition) is 2. The molecule has 1 amide bonds. The molecule has 0 spiro atoms. The molecular formula is C20H30ClN3O. The number of carbonyl (C=O) groups is 1. The smallest absolute Gasteiger partial charge is 0.237 e. The summed E-state index contributed by atoms with van der Waals surface area (Å²) in [6.07, 6.45) is 7.73. The molecule has 138 valence electrons. The molecular weight excluding hydrogens is 334 g/mol. The van der Waals surface area contributed by atoms with Crippen LogP contribution in [0, 0.1) is 5.92 Å². The standard InChI is InChI=1S/C20H30ClN3O/c1-22-20(25)19-11-18(23-12-15-6-3-2-4-7-15)14-24(19)13-16-8-5-9-17(21)10-16/h5,8-10,15,18-19,23H,2-4,6-7,11-14H2,1H3,(H,22,25)/t18-,19-/m0/s1. The summed E-state index contributed by atoms with van der Waals surface area (Å²) in [6.45, 7) is 2.77. The second kappa shape index (κ2) is 9.02. The summed E-state index contributed by atoms with van der Waals surface area (Å²) in [5.41, 5.74) is 1.16. The van der Waals surface area contributed by atoms with Gasteiger partial charge in [0.05, 0.1) is 6.04 Å². The van der Waals surface area contributed by atoms with Crippen molar-refractivity contribution in [1.82, 2.24) is 15.5 Å². The number of amides is 1. The van der Waals surface area contributed by atoms with E-state index in [0.717, 1.165) is 42.6 Å². The molecule has 1 saturated heterocycles. The predicted molar refractivity (Wildman–Crippen MR) is 103 cm³/mol. The molecule has 1 aliphatic heterocycles. The number of benzene rings is 1. The molecule has 2 N–H and O–H groups in total. The first-order valence-electron chi connectivity index (χ1n) is 9.59. The Labute approximate surface area is 156 Å². The number of rotatable bonds is 6. The molecule has 1 aromatic carbocycles. The fourth-order valence-corrected chi connectivity index (χ4v) is 4.47. The molecule has 1 aliphatic carbocycles. The molecule has 0 bridgehead atoms. The Morgan fingerprint density at radius 3 is 2.80 bits per heavy atom. The molecule has 25 heavy (non-hydrogen) atoms. The van der Waals surface area contributed by atoms with Gasteiger partial charge in [-0.2, -0.15) is 0 Å². The summed E-state index contributed by atoms with van der Waals surface area (Å²) in [7, 11) is 1.72. The van der Waals surface area contributed by atoms with Crippen molar-refractivity contribution in [3.05, 3.63) is 34.9 Å². The fourth-order valence-electron chi connectivity index (χ4n) is 4.26. The maximum absolute atomic E-state index is 12.3. The van der Waals surface area contributed by atoms with Gasteiger partial charge in [0, 0.05) is 31.2 Å². The summed E-state index contributed by atoms with van der Waals surface area (Å²) in [4.78, 5) is 14.6. The van der Waals surface area contributed by atoms with Crippen LogP contribution < -0.4 is 10.6 Å². The lowest BCUT2D eigenvalue weighted by atomic mass is 9.89. The number of hydrogen-bond acceptors (Lipinski definition) is 3. The van der Waals surface area contributed by atoms with Crippen LogP contribution in [0.25, 0.3) is 0 Å². The van der Waals surface area contributed by atoms with Crippen molar-refractivity contribution < 1.29 is 4.79 Å². The van der Waals surface area contributed by atoms with Crippen LogP contribution >= 0.6 is 11.6 Å². The van der Waals surface area contributed by atoms with Gasteiger partial charge in [0.2, 0.25) is 5.91 Å². The summed E-state index contributed by atoms with van der Waals surface area (Å²) >= 11 is 6.11. The molecule has 2 atom stereocenters. The van der Waals surface area contributed by atoms with Gasteiger partial charge in [-0.05, 0) is 49.4 Å². The van der Waals surface area contributed by atoms with E-state index in [9.17, 15) is 4.79 Å². The number of nitrogens with zero attached hydrogens (tertiary/aromatic N) is 1. The SMILES string of the molecule is CNC(=O)[C@@H]1C[C@H](NCC2CCCCC2)CN1Cc1cccc(Cl)c1. The molecule has 2 aliphatic rings. The summed E-state index contributed by atoms with van der Waals surface area (Å²) < 4.78 is 0. The topological polar surface area (TPSA) is 44.4 Å². The second-order valence-electron chi connectivity index (χ2n) is 7.53. The van der Waals surface area contributed by atoms with Gasteiger partial charge in [-0.3, -0.25) is 9.69 Å². The van der Waals surface area contributed by atoms with Crippen molar-refractivity contribution in [2.24, 2.45) is 5.92 Å². The Bertz CT molecular complexity index is 574. The predicted octanol–water partition coefficient (Wildman–Crippen LogP) is 3.20. The van der Waals surface area contributed by atoms with E-state index in [1.807, 2.05) is 18.2 Å². The maximum atomic E-state index is 12.3. The molecule has 5 heteroatoms. The van der Waals surface area contributed by atoms with E-state index in [-0.39, 0.29) is 11.9 Å². The van der Waals surface area contributed by atoms with Gasteiger partial charge in [-0.25, -0.2) is 0 Å². The van der Waals surface area contributed by atoms with Gasteiger partial charge in [-0.1, -0.05) is 43.0 Å². The van der Waals surface area contributed by atoms with Crippen LogP contribution in [0.1, 0.15) is 44.1 Å². The zero-order chi connectivity index (χ0) is 17.6. The van der Waals surface area contributed by atoms with Gasteiger partial charge >= 0.3 is 0 Å². The van der Waals surface area contributed by atoms with Crippen molar-refractivity contribution in [1.29, 1.82) is 0 Å². The van der Waals surface area contributed by atoms with E-state index in [1.54, 1.807) is 7.05 Å². The van der Waals surface area contributed by atoms with E-state index < -0.39 is 0 Å². The van der Waals surface area contributed by atoms with Gasteiger partial charge in [0.1, 0.15) is 0 Å². The van der Waals surface area contributed by atoms with Gasteiger partial charge < -0.3 is 10.6 Å². The van der Waals surface area contributed by atoms with Crippen LogP contribution in [0.15, 0.2) is 24.3 Å². The van der Waals surface area contributed by atoms with Gasteiger partial charge in [0.25, 0.3) is 0 Å². The van der Waals surface area contributed by atoms with Crippen molar-refractivity contribution >= 4 is 17.5 Å². The van der Waals surface area contributed by atoms with Crippen LogP contribution in [0.4, 0.5) is 0 Å². The minimum atomic E-state index is -0.0622. The van der Waals surface area contributed by atoms with E-state index in [4.69, 9.17) is 11.6 Å². The number of carbonyl (C=O) groups excluding carboxylic acids is 1. The lowest BCUT2D eigenvalue weighted by molar-refractivity contribution is -0.125. The average molecular weight is 364 g/mol. The van der Waals surface area contributed by atoms with E-state index in [0.29, 0.717) is 6.04 Å². The minimum absolute atomic E-state index is 0.0622. The summed E-state index contributed by atoms with van der Waals surface area (Å²) in [5.74, 6) is 0.929. The van der Waals surface area contributed by atoms with Crippen molar-refractivity contribution in [2.75, 3.05) is 20.1 Å². The van der Waals surface area contributed by atoms with E-state index in [2.05, 4.69) is 21.6 Å². The third kappa shape index (κ3) is 5.19. The molecule has 0 radical (unpaired) electrons. The molecule has 0 aromatic heterocycles. The third-order valence-electron chi connectivity index (χ3n) is 5.65. The zero-order valence-corrected chi connectivity index (χ0v) is 15.9. The fraction of sp³-hybridized carbons (Fsp3) is 0.650. The highest BCUT2D eigenvalue weighted by atomic mass is 35.5. The first-order valence-corrected chi connectivity index (χ1v) is 9.97. The van der Waals surface area contributed by atoms with Crippen LogP contribution in [0.5, 0.6) is 0 Å². The number of nitrogens with one attached hydrogen (secondary N) is 2. The van der Waals surface area contributed by atoms with Crippen molar-refractivity contribution in [3.8, 4) is 0 Å². The monoisotopic (exact) mass is 363 g/mol. The second-order valence-corrected chi connectivity index (χ2v) is 7.97. The number of likely N-dealkylation sites (tertiary alicyclic amines) is 1. The molecule has 4 nitrogen and oxygen atoms in total. The quantitative estimate of drug-likeness (QED) is 0.815. The van der Waals surface area contributed by atoms with Crippen molar-refractivity contribution in [3.63, 3.8) is 0 Å². The summed E-state index contributed by atoms with van der Waals surface area (Å²) in [5, 5.41) is 7.32. The molecule has 1 saturated carbocycles. The third-order valence-corrected chi connectivity index (χ3v) is 5.88. The Hall–Kier alpha value is -1.10. The van der Waals surface area contributed by atoms with Gasteiger partial charge in [0.15, 0.2) is 0 Å². The van der Waals surface area contributed by atoms with Crippen molar-refractivity contribution in [2.45, 2.75) is 57.2 Å². The zero-order valence-electron chi connectivity index (χ0n) is 15.1. The Morgan fingerprint density at radius 1 is 1.28 bits per heavy atom. The number of halogens is 1. The normalized spacial score (nSPS) is 25.2. The number of likely N-dealkylation sites (N-methyl/N-ethyl adjacent to an activating group) is 1. The first kappa shape index (κ1) is 18.7. The van der Waals surface area contributed by atoms with Crippen LogP contribution in [-0.4, -0.2) is 43.0 Å². The van der Waals surface area contributed by atoms with Crippen LogP contribution in [0.3, 0.4) is 0 Å². The summed E-state index contributed by atoms with van der Waals surface area (Å²) in [6, 6.07) is 8.26. The lowest BCUT2D eigenvalue weighted by Gasteiger charge is -2.24. The highest BCUT2D eigenvalue weighted by molar-refractivity contribution is 6.30. The first-order chi connectivity index (χ1) is 12.2. The molecule has 0 unspecified atom stereocenters. The molecule has 2 fully saturated rings. The maximum Gasteiger partial charge on any atom is 0.237 e. The van der Waals surface area contributed by atoms with Gasteiger partial charge in [-0.15, -0.1) is 0 Å². The molecule has 1 heterocycles. The largest absolute Gasteiger partial charge is 0.358 e. The van der Waals surface area contributed by atoms with E-state index in [1.165, 1.54) is 32.1 Å². The average Bonchev–Trinajstić information content (AvgIpc) is 3.03. The Morgan fingerprint density at radius 2 is 2.08 bits per heavy atom. The molecule has 3 rings (SSSR count).